The number of hydrogen-bond donors (Lipinski definition) is 1. The Balaban J connectivity index is 3.07. The maximum atomic E-state index is 5.68. The predicted molar refractivity (Wildman–Crippen MR) is 39.7 cm³/mol. The van der Waals surface area contributed by atoms with Gasteiger partial charge in [-0.2, -0.15) is 0 Å². The van der Waals surface area contributed by atoms with Crippen molar-refractivity contribution in [1.82, 2.24) is 9.97 Å². The van der Waals surface area contributed by atoms with Crippen LogP contribution in [0.4, 0.5) is 0 Å². The van der Waals surface area contributed by atoms with Crippen LogP contribution in [-0.2, 0) is 6.54 Å². The van der Waals surface area contributed by atoms with Crippen molar-refractivity contribution < 1.29 is 0 Å². The van der Waals surface area contributed by atoms with Crippen LogP contribution in [0.1, 0.15) is 11.4 Å². The van der Waals surface area contributed by atoms with Crippen LogP contribution in [0.25, 0.3) is 0 Å². The van der Waals surface area contributed by atoms with Gasteiger partial charge in [0.15, 0.2) is 5.15 Å². The monoisotopic (exact) mass is 157 g/mol. The zero-order valence-corrected chi connectivity index (χ0v) is 6.39. The molecule has 4 heteroatoms. The number of aryl methyl sites for hydroxylation is 1. The Morgan fingerprint density at radius 1 is 1.70 bits per heavy atom. The lowest BCUT2D eigenvalue weighted by atomic mass is 10.4. The highest BCUT2D eigenvalue weighted by Crippen LogP contribution is 2.08. The van der Waals surface area contributed by atoms with Crippen LogP contribution < -0.4 is 5.73 Å². The van der Waals surface area contributed by atoms with Gasteiger partial charge in [0.05, 0.1) is 11.4 Å². The lowest BCUT2D eigenvalue weighted by Crippen LogP contribution is -2.02. The normalized spacial score (nSPS) is 9.90. The maximum absolute atomic E-state index is 5.68. The minimum atomic E-state index is 0.339. The molecule has 54 valence electrons. The van der Waals surface area contributed by atoms with Crippen molar-refractivity contribution in [3.8, 4) is 0 Å². The Hall–Kier alpha value is -0.670. The minimum absolute atomic E-state index is 0.339. The van der Waals surface area contributed by atoms with E-state index in [2.05, 4.69) is 9.97 Å². The second-order valence-corrected chi connectivity index (χ2v) is 2.31. The summed E-state index contributed by atoms with van der Waals surface area (Å²) >= 11 is 5.68. The van der Waals surface area contributed by atoms with E-state index < -0.39 is 0 Å². The predicted octanol–water partition coefficient (Wildman–Crippen LogP) is 0.897. The molecule has 0 aromatic carbocycles. The third kappa shape index (κ3) is 1.43. The molecule has 0 fully saturated rings. The first kappa shape index (κ1) is 7.44. The molecular weight excluding hydrogens is 150 g/mol. The first-order chi connectivity index (χ1) is 4.74. The van der Waals surface area contributed by atoms with E-state index in [4.69, 9.17) is 17.3 Å². The highest BCUT2D eigenvalue weighted by Gasteiger charge is 1.99. The van der Waals surface area contributed by atoms with E-state index in [1.165, 1.54) is 0 Å². The van der Waals surface area contributed by atoms with Crippen molar-refractivity contribution >= 4 is 11.6 Å². The molecule has 0 aliphatic rings. The molecule has 0 aliphatic carbocycles. The van der Waals surface area contributed by atoms with Crippen LogP contribution in [0.2, 0.25) is 5.15 Å². The zero-order chi connectivity index (χ0) is 7.56. The van der Waals surface area contributed by atoms with Crippen LogP contribution in [0, 0.1) is 6.92 Å². The van der Waals surface area contributed by atoms with E-state index in [0.29, 0.717) is 17.4 Å². The topological polar surface area (TPSA) is 51.8 Å². The van der Waals surface area contributed by atoms with Crippen LogP contribution in [0.15, 0.2) is 6.20 Å². The van der Waals surface area contributed by atoms with Crippen LogP contribution in [-0.4, -0.2) is 9.97 Å². The maximum Gasteiger partial charge on any atom is 0.152 e. The fourth-order valence-electron chi connectivity index (χ4n) is 0.610. The molecule has 2 N–H and O–H groups in total. The molecular formula is C6H8ClN3. The van der Waals surface area contributed by atoms with Gasteiger partial charge in [-0.25, -0.2) is 4.98 Å². The third-order valence-corrected chi connectivity index (χ3v) is 1.42. The molecule has 1 rings (SSSR count). The summed E-state index contributed by atoms with van der Waals surface area (Å²) in [5, 5.41) is 0.405. The molecule has 0 spiro atoms. The standard InChI is InChI=1S/C6H8ClN3/c1-4-3-9-5(2-8)6(7)10-4/h3H,2,8H2,1H3. The Labute approximate surface area is 64.2 Å². The number of rotatable bonds is 1. The van der Waals surface area contributed by atoms with Crippen molar-refractivity contribution in [2.75, 3.05) is 0 Å². The lowest BCUT2D eigenvalue weighted by Gasteiger charge is -1.97. The van der Waals surface area contributed by atoms with Crippen LogP contribution >= 0.6 is 11.6 Å². The zero-order valence-electron chi connectivity index (χ0n) is 5.63. The molecule has 0 saturated carbocycles. The molecule has 3 nitrogen and oxygen atoms in total. The van der Waals surface area contributed by atoms with Crippen molar-refractivity contribution in [1.29, 1.82) is 0 Å². The van der Waals surface area contributed by atoms with Gasteiger partial charge in [-0.15, -0.1) is 0 Å². The lowest BCUT2D eigenvalue weighted by molar-refractivity contribution is 0.948. The highest BCUT2D eigenvalue weighted by molar-refractivity contribution is 6.30. The fraction of sp³-hybridized carbons (Fsp3) is 0.333. The summed E-state index contributed by atoms with van der Waals surface area (Å²) in [5.74, 6) is 0. The van der Waals surface area contributed by atoms with Gasteiger partial charge in [0.1, 0.15) is 0 Å². The van der Waals surface area contributed by atoms with Crippen molar-refractivity contribution in [2.45, 2.75) is 13.5 Å². The fourth-order valence-corrected chi connectivity index (χ4v) is 0.869. The van der Waals surface area contributed by atoms with Crippen molar-refractivity contribution in [3.63, 3.8) is 0 Å². The van der Waals surface area contributed by atoms with Crippen molar-refractivity contribution in [3.05, 3.63) is 22.7 Å². The molecule has 1 aromatic heterocycles. The third-order valence-electron chi connectivity index (χ3n) is 1.11. The summed E-state index contributed by atoms with van der Waals surface area (Å²) in [6.07, 6.45) is 1.65. The minimum Gasteiger partial charge on any atom is -0.325 e. The van der Waals surface area contributed by atoms with Gasteiger partial charge in [-0.05, 0) is 6.92 Å². The van der Waals surface area contributed by atoms with Gasteiger partial charge in [0.2, 0.25) is 0 Å². The first-order valence-electron chi connectivity index (χ1n) is 2.92. The summed E-state index contributed by atoms with van der Waals surface area (Å²) in [6, 6.07) is 0. The summed E-state index contributed by atoms with van der Waals surface area (Å²) in [7, 11) is 0. The highest BCUT2D eigenvalue weighted by atomic mass is 35.5. The van der Waals surface area contributed by atoms with Gasteiger partial charge in [-0.1, -0.05) is 11.6 Å². The Morgan fingerprint density at radius 2 is 2.40 bits per heavy atom. The van der Waals surface area contributed by atoms with E-state index in [-0.39, 0.29) is 0 Å². The smallest absolute Gasteiger partial charge is 0.152 e. The Bertz CT molecular complexity index is 236. The SMILES string of the molecule is Cc1cnc(CN)c(Cl)n1. The van der Waals surface area contributed by atoms with Crippen LogP contribution in [0.3, 0.4) is 0 Å². The van der Waals surface area contributed by atoms with E-state index in [1.54, 1.807) is 6.20 Å². The van der Waals surface area contributed by atoms with E-state index in [9.17, 15) is 0 Å². The number of hydrogen-bond acceptors (Lipinski definition) is 3. The molecule has 10 heavy (non-hydrogen) atoms. The molecule has 0 aliphatic heterocycles. The molecule has 1 heterocycles. The summed E-state index contributed by atoms with van der Waals surface area (Å²) in [4.78, 5) is 7.94. The van der Waals surface area contributed by atoms with E-state index >= 15 is 0 Å². The van der Waals surface area contributed by atoms with E-state index in [0.717, 1.165) is 5.69 Å². The van der Waals surface area contributed by atoms with Gasteiger partial charge in [0.25, 0.3) is 0 Å². The van der Waals surface area contributed by atoms with Gasteiger partial charge >= 0.3 is 0 Å². The number of nitrogens with two attached hydrogens (primary N) is 1. The molecule has 1 aromatic rings. The molecule has 0 bridgehead atoms. The van der Waals surface area contributed by atoms with Gasteiger partial charge in [0, 0.05) is 12.7 Å². The number of nitrogens with zero attached hydrogens (tertiary/aromatic N) is 2. The Morgan fingerprint density at radius 3 is 2.90 bits per heavy atom. The summed E-state index contributed by atoms with van der Waals surface area (Å²) in [5.41, 5.74) is 6.77. The average Bonchev–Trinajstić information content (AvgIpc) is 1.88. The van der Waals surface area contributed by atoms with E-state index in [1.807, 2.05) is 6.92 Å². The molecule has 0 radical (unpaired) electrons. The molecule has 0 atom stereocenters. The largest absolute Gasteiger partial charge is 0.325 e. The van der Waals surface area contributed by atoms with Gasteiger partial charge < -0.3 is 5.73 Å². The summed E-state index contributed by atoms with van der Waals surface area (Å²) < 4.78 is 0. The summed E-state index contributed by atoms with van der Waals surface area (Å²) in [6.45, 7) is 2.17. The number of aromatic nitrogens is 2. The Kier molecular flexibility index (Phi) is 2.19. The molecule has 0 saturated heterocycles. The molecule has 0 unspecified atom stereocenters. The number of halogens is 1. The second kappa shape index (κ2) is 2.94. The van der Waals surface area contributed by atoms with Gasteiger partial charge in [-0.3, -0.25) is 4.98 Å². The molecule has 0 amide bonds. The second-order valence-electron chi connectivity index (χ2n) is 1.95. The quantitative estimate of drug-likeness (QED) is 0.659. The first-order valence-corrected chi connectivity index (χ1v) is 3.30. The average molecular weight is 158 g/mol. The van der Waals surface area contributed by atoms with Crippen molar-refractivity contribution in [2.24, 2.45) is 5.73 Å². The van der Waals surface area contributed by atoms with Crippen LogP contribution in [0.5, 0.6) is 0 Å².